The van der Waals surface area contributed by atoms with Gasteiger partial charge in [0.15, 0.2) is 0 Å². The Kier molecular flexibility index (Phi) is 6.45. The van der Waals surface area contributed by atoms with Gasteiger partial charge in [-0.25, -0.2) is 0 Å². The first kappa shape index (κ1) is 14.9. The molecule has 1 aliphatic rings. The second kappa shape index (κ2) is 7.34. The summed E-state index contributed by atoms with van der Waals surface area (Å²) in [6.45, 7) is 10.1. The zero-order valence-electron chi connectivity index (χ0n) is 12.0. The molecule has 0 amide bonds. The molecule has 0 aliphatic carbocycles. The fourth-order valence-corrected chi connectivity index (χ4v) is 2.96. The maximum absolute atomic E-state index is 6.20. The van der Waals surface area contributed by atoms with Crippen molar-refractivity contribution < 1.29 is 4.74 Å². The van der Waals surface area contributed by atoms with E-state index in [0.717, 1.165) is 37.8 Å². The molecule has 1 fully saturated rings. The van der Waals surface area contributed by atoms with Gasteiger partial charge in [0.05, 0.1) is 0 Å². The first-order valence-corrected chi connectivity index (χ1v) is 7.03. The Balaban J connectivity index is 2.32. The molecule has 3 nitrogen and oxygen atoms in total. The Morgan fingerprint density at radius 1 is 1.35 bits per heavy atom. The number of likely N-dealkylation sites (tertiary alicyclic amines) is 1. The third-order valence-electron chi connectivity index (χ3n) is 4.11. The average Bonchev–Trinajstić information content (AvgIpc) is 2.25. The summed E-state index contributed by atoms with van der Waals surface area (Å²) in [6, 6.07) is 0.977. The predicted molar refractivity (Wildman–Crippen MR) is 73.1 cm³/mol. The van der Waals surface area contributed by atoms with Crippen molar-refractivity contribution in [3.8, 4) is 0 Å². The molecule has 0 saturated carbocycles. The highest BCUT2D eigenvalue weighted by Gasteiger charge is 2.29. The first-order chi connectivity index (χ1) is 8.04. The van der Waals surface area contributed by atoms with Gasteiger partial charge in [-0.05, 0) is 38.0 Å². The van der Waals surface area contributed by atoms with Gasteiger partial charge < -0.3 is 10.5 Å². The van der Waals surface area contributed by atoms with E-state index in [9.17, 15) is 0 Å². The number of ether oxygens (including phenoxy) is 1. The minimum Gasteiger partial charge on any atom is -0.385 e. The molecule has 0 bridgehead atoms. The maximum Gasteiger partial charge on any atom is 0.0462 e. The van der Waals surface area contributed by atoms with Crippen molar-refractivity contribution >= 4 is 0 Å². The Hall–Kier alpha value is -0.120. The minimum atomic E-state index is 0.296. The van der Waals surface area contributed by atoms with E-state index in [0.29, 0.717) is 12.1 Å². The van der Waals surface area contributed by atoms with E-state index >= 15 is 0 Å². The van der Waals surface area contributed by atoms with E-state index < -0.39 is 0 Å². The normalized spacial score (nSPS) is 32.6. The molecule has 0 aromatic heterocycles. The van der Waals surface area contributed by atoms with Crippen LogP contribution in [0, 0.1) is 11.8 Å². The van der Waals surface area contributed by atoms with Crippen molar-refractivity contribution in [2.75, 3.05) is 26.8 Å². The standard InChI is InChI=1S/C14H30N2O/c1-11-8-12(2)13(3)16(9-11)10-14(15)6-5-7-17-4/h11-14H,5-10,15H2,1-4H3. The summed E-state index contributed by atoms with van der Waals surface area (Å²) in [4.78, 5) is 2.58. The Morgan fingerprint density at radius 3 is 2.71 bits per heavy atom. The lowest BCUT2D eigenvalue weighted by Gasteiger charge is -2.42. The van der Waals surface area contributed by atoms with Gasteiger partial charge in [0.25, 0.3) is 0 Å². The molecular formula is C14H30N2O. The molecule has 1 aliphatic heterocycles. The second-order valence-electron chi connectivity index (χ2n) is 5.91. The fourth-order valence-electron chi connectivity index (χ4n) is 2.96. The van der Waals surface area contributed by atoms with Gasteiger partial charge in [0.2, 0.25) is 0 Å². The SMILES string of the molecule is COCCCC(N)CN1CC(C)CC(C)C1C. The van der Waals surface area contributed by atoms with Crippen molar-refractivity contribution in [3.63, 3.8) is 0 Å². The highest BCUT2D eigenvalue weighted by molar-refractivity contribution is 4.84. The molecule has 0 radical (unpaired) electrons. The van der Waals surface area contributed by atoms with E-state index in [4.69, 9.17) is 10.5 Å². The Labute approximate surface area is 107 Å². The molecule has 1 heterocycles. The number of methoxy groups -OCH3 is 1. The smallest absolute Gasteiger partial charge is 0.0462 e. The zero-order valence-corrected chi connectivity index (χ0v) is 12.0. The van der Waals surface area contributed by atoms with Crippen molar-refractivity contribution in [1.29, 1.82) is 0 Å². The number of rotatable bonds is 6. The van der Waals surface area contributed by atoms with Crippen LogP contribution in [0.2, 0.25) is 0 Å². The summed E-state index contributed by atoms with van der Waals surface area (Å²) in [5.74, 6) is 1.61. The fraction of sp³-hybridized carbons (Fsp3) is 1.00. The van der Waals surface area contributed by atoms with Crippen LogP contribution in [-0.2, 0) is 4.74 Å². The average molecular weight is 242 g/mol. The molecule has 4 atom stereocenters. The number of hydrogen-bond acceptors (Lipinski definition) is 3. The lowest BCUT2D eigenvalue weighted by molar-refractivity contribution is 0.0722. The molecule has 1 saturated heterocycles. The number of hydrogen-bond donors (Lipinski definition) is 1. The van der Waals surface area contributed by atoms with Crippen LogP contribution in [0.4, 0.5) is 0 Å². The van der Waals surface area contributed by atoms with Crippen molar-refractivity contribution in [1.82, 2.24) is 4.90 Å². The topological polar surface area (TPSA) is 38.5 Å². The zero-order chi connectivity index (χ0) is 12.8. The van der Waals surface area contributed by atoms with Crippen LogP contribution >= 0.6 is 0 Å². The largest absolute Gasteiger partial charge is 0.385 e. The van der Waals surface area contributed by atoms with Crippen LogP contribution in [0.3, 0.4) is 0 Å². The van der Waals surface area contributed by atoms with Gasteiger partial charge >= 0.3 is 0 Å². The van der Waals surface area contributed by atoms with E-state index in [1.807, 2.05) is 0 Å². The number of piperidine rings is 1. The summed E-state index contributed by atoms with van der Waals surface area (Å²) < 4.78 is 5.07. The monoisotopic (exact) mass is 242 g/mol. The van der Waals surface area contributed by atoms with E-state index in [-0.39, 0.29) is 0 Å². The number of nitrogens with zero attached hydrogens (tertiary/aromatic N) is 1. The molecule has 0 aromatic carbocycles. The van der Waals surface area contributed by atoms with Gasteiger partial charge in [-0.3, -0.25) is 4.90 Å². The van der Waals surface area contributed by atoms with Crippen molar-refractivity contribution in [3.05, 3.63) is 0 Å². The van der Waals surface area contributed by atoms with Gasteiger partial charge in [-0.2, -0.15) is 0 Å². The molecular weight excluding hydrogens is 212 g/mol. The van der Waals surface area contributed by atoms with Crippen LogP contribution in [-0.4, -0.2) is 43.8 Å². The summed E-state index contributed by atoms with van der Waals surface area (Å²) in [7, 11) is 1.75. The molecule has 0 spiro atoms. The van der Waals surface area contributed by atoms with Gasteiger partial charge in [-0.15, -0.1) is 0 Å². The van der Waals surface area contributed by atoms with Crippen LogP contribution < -0.4 is 5.73 Å². The van der Waals surface area contributed by atoms with Gasteiger partial charge in [-0.1, -0.05) is 13.8 Å². The Bertz CT molecular complexity index is 210. The third-order valence-corrected chi connectivity index (χ3v) is 4.11. The van der Waals surface area contributed by atoms with Gasteiger partial charge in [0.1, 0.15) is 0 Å². The van der Waals surface area contributed by atoms with Crippen molar-refractivity contribution in [2.45, 2.75) is 52.1 Å². The van der Waals surface area contributed by atoms with E-state index in [1.165, 1.54) is 13.0 Å². The second-order valence-corrected chi connectivity index (χ2v) is 5.91. The summed E-state index contributed by atoms with van der Waals surface area (Å²) in [5.41, 5.74) is 6.20. The number of nitrogens with two attached hydrogens (primary N) is 1. The molecule has 17 heavy (non-hydrogen) atoms. The highest BCUT2D eigenvalue weighted by atomic mass is 16.5. The summed E-state index contributed by atoms with van der Waals surface area (Å²) in [5, 5.41) is 0. The van der Waals surface area contributed by atoms with Gasteiger partial charge in [0, 0.05) is 38.9 Å². The molecule has 0 aromatic rings. The van der Waals surface area contributed by atoms with Crippen molar-refractivity contribution in [2.24, 2.45) is 17.6 Å². The van der Waals surface area contributed by atoms with Crippen LogP contribution in [0.25, 0.3) is 0 Å². The van der Waals surface area contributed by atoms with E-state index in [1.54, 1.807) is 7.11 Å². The lowest BCUT2D eigenvalue weighted by atomic mass is 9.85. The Morgan fingerprint density at radius 2 is 2.06 bits per heavy atom. The van der Waals surface area contributed by atoms with Crippen LogP contribution in [0.5, 0.6) is 0 Å². The predicted octanol–water partition coefficient (Wildman–Crippen LogP) is 2.11. The lowest BCUT2D eigenvalue weighted by Crippen LogP contribution is -2.50. The third kappa shape index (κ3) is 4.94. The minimum absolute atomic E-state index is 0.296. The molecule has 102 valence electrons. The first-order valence-electron chi connectivity index (χ1n) is 7.03. The highest BCUT2D eigenvalue weighted by Crippen LogP contribution is 2.26. The van der Waals surface area contributed by atoms with Crippen LogP contribution in [0.1, 0.15) is 40.0 Å². The van der Waals surface area contributed by atoms with Crippen LogP contribution in [0.15, 0.2) is 0 Å². The molecule has 3 heteroatoms. The summed E-state index contributed by atoms with van der Waals surface area (Å²) in [6.07, 6.45) is 3.50. The molecule has 4 unspecified atom stereocenters. The van der Waals surface area contributed by atoms with E-state index in [2.05, 4.69) is 25.7 Å². The quantitative estimate of drug-likeness (QED) is 0.725. The maximum atomic E-state index is 6.20. The summed E-state index contributed by atoms with van der Waals surface area (Å²) >= 11 is 0. The molecule has 1 rings (SSSR count). The molecule has 2 N–H and O–H groups in total.